The lowest BCUT2D eigenvalue weighted by Gasteiger charge is -2.11. The molecule has 0 fully saturated rings. The summed E-state index contributed by atoms with van der Waals surface area (Å²) in [6, 6.07) is 10.3. The van der Waals surface area contributed by atoms with Crippen LogP contribution in [0.15, 0.2) is 36.4 Å². The van der Waals surface area contributed by atoms with Gasteiger partial charge in [0.15, 0.2) is 0 Å². The van der Waals surface area contributed by atoms with Crippen LogP contribution in [0.1, 0.15) is 18.1 Å². The van der Waals surface area contributed by atoms with E-state index in [9.17, 15) is 4.39 Å². The fourth-order valence-electron chi connectivity index (χ4n) is 1.93. The molecule has 20 heavy (non-hydrogen) atoms. The van der Waals surface area contributed by atoms with Crippen LogP contribution in [0, 0.1) is 12.7 Å². The molecule has 0 saturated heterocycles. The molecule has 2 aromatic rings. The molecule has 0 heterocycles. The van der Waals surface area contributed by atoms with Crippen LogP contribution < -0.4 is 10.5 Å². The summed E-state index contributed by atoms with van der Waals surface area (Å²) in [7, 11) is 0. The highest BCUT2D eigenvalue weighted by Gasteiger charge is 2.07. The third kappa shape index (κ3) is 3.71. The van der Waals surface area contributed by atoms with E-state index < -0.39 is 0 Å². The highest BCUT2D eigenvalue weighted by molar-refractivity contribution is 6.32. The number of aryl methyl sites for hydroxylation is 1. The second-order valence-electron chi connectivity index (χ2n) is 4.96. The zero-order chi connectivity index (χ0) is 14.7. The molecule has 2 N–H and O–H groups in total. The molecule has 0 aliphatic heterocycles. The van der Waals surface area contributed by atoms with Crippen molar-refractivity contribution in [1.82, 2.24) is 0 Å². The van der Waals surface area contributed by atoms with Crippen LogP contribution in [0.4, 0.5) is 4.39 Å². The van der Waals surface area contributed by atoms with E-state index in [0.29, 0.717) is 22.1 Å². The third-order valence-corrected chi connectivity index (χ3v) is 3.21. The first-order valence-electron chi connectivity index (χ1n) is 6.43. The van der Waals surface area contributed by atoms with Crippen molar-refractivity contribution in [3.63, 3.8) is 0 Å². The Kier molecular flexibility index (Phi) is 4.63. The minimum Gasteiger partial charge on any atom is -0.456 e. The summed E-state index contributed by atoms with van der Waals surface area (Å²) >= 11 is 6.19. The molecule has 0 amide bonds. The van der Waals surface area contributed by atoms with Gasteiger partial charge in [-0.25, -0.2) is 4.39 Å². The molecule has 0 bridgehead atoms. The Labute approximate surface area is 123 Å². The lowest BCUT2D eigenvalue weighted by atomic mass is 10.1. The van der Waals surface area contributed by atoms with E-state index in [1.165, 1.54) is 6.07 Å². The topological polar surface area (TPSA) is 35.2 Å². The molecule has 0 saturated carbocycles. The van der Waals surface area contributed by atoms with Crippen LogP contribution in [0.2, 0.25) is 5.02 Å². The first-order chi connectivity index (χ1) is 9.45. The third-order valence-electron chi connectivity index (χ3n) is 2.91. The van der Waals surface area contributed by atoms with E-state index in [1.54, 1.807) is 25.1 Å². The zero-order valence-corrected chi connectivity index (χ0v) is 12.2. The summed E-state index contributed by atoms with van der Waals surface area (Å²) in [5.74, 6) is 0.854. The van der Waals surface area contributed by atoms with E-state index in [1.807, 2.05) is 19.1 Å². The van der Waals surface area contributed by atoms with Gasteiger partial charge in [-0.2, -0.15) is 0 Å². The summed E-state index contributed by atoms with van der Waals surface area (Å²) in [6.07, 6.45) is 0.760. The van der Waals surface area contributed by atoms with Gasteiger partial charge in [0.2, 0.25) is 0 Å². The largest absolute Gasteiger partial charge is 0.456 e. The number of benzene rings is 2. The number of nitrogens with two attached hydrogens (primary N) is 1. The summed E-state index contributed by atoms with van der Waals surface area (Å²) < 4.78 is 18.9. The Morgan fingerprint density at radius 1 is 1.25 bits per heavy atom. The molecule has 0 aliphatic carbocycles. The van der Waals surface area contributed by atoms with Crippen molar-refractivity contribution in [2.45, 2.75) is 26.3 Å². The fourth-order valence-corrected chi connectivity index (χ4v) is 2.18. The molecule has 0 aromatic heterocycles. The van der Waals surface area contributed by atoms with Crippen molar-refractivity contribution in [2.75, 3.05) is 0 Å². The average molecular weight is 294 g/mol. The number of ether oxygens (including phenoxy) is 1. The van der Waals surface area contributed by atoms with E-state index in [-0.39, 0.29) is 11.9 Å². The van der Waals surface area contributed by atoms with Gasteiger partial charge >= 0.3 is 0 Å². The Morgan fingerprint density at radius 2 is 2.00 bits per heavy atom. The van der Waals surface area contributed by atoms with Crippen LogP contribution in [0.5, 0.6) is 11.5 Å². The summed E-state index contributed by atoms with van der Waals surface area (Å²) in [6.45, 7) is 3.63. The lowest BCUT2D eigenvalue weighted by molar-refractivity contribution is 0.479. The lowest BCUT2D eigenvalue weighted by Crippen LogP contribution is -2.17. The number of halogens is 2. The fraction of sp³-hybridized carbons (Fsp3) is 0.250. The molecule has 1 unspecified atom stereocenters. The van der Waals surface area contributed by atoms with Crippen LogP contribution in [-0.2, 0) is 6.42 Å². The Hall–Kier alpha value is -1.58. The highest BCUT2D eigenvalue weighted by Crippen LogP contribution is 2.31. The Morgan fingerprint density at radius 3 is 2.60 bits per heavy atom. The van der Waals surface area contributed by atoms with Gasteiger partial charge in [-0.15, -0.1) is 0 Å². The van der Waals surface area contributed by atoms with Crippen LogP contribution >= 0.6 is 11.6 Å². The van der Waals surface area contributed by atoms with Gasteiger partial charge in [-0.05, 0) is 61.7 Å². The van der Waals surface area contributed by atoms with Gasteiger partial charge in [0.25, 0.3) is 0 Å². The van der Waals surface area contributed by atoms with Crippen molar-refractivity contribution in [2.24, 2.45) is 5.73 Å². The minimum atomic E-state index is -0.254. The van der Waals surface area contributed by atoms with E-state index in [0.717, 1.165) is 12.0 Å². The normalized spacial score (nSPS) is 12.2. The molecule has 0 spiro atoms. The van der Waals surface area contributed by atoms with Gasteiger partial charge < -0.3 is 10.5 Å². The van der Waals surface area contributed by atoms with Crippen LogP contribution in [0.3, 0.4) is 0 Å². The zero-order valence-electron chi connectivity index (χ0n) is 11.5. The molecule has 2 nitrogen and oxygen atoms in total. The molecule has 4 heteroatoms. The number of rotatable bonds is 4. The number of hydrogen-bond acceptors (Lipinski definition) is 2. The Balaban J connectivity index is 2.19. The number of hydrogen-bond donors (Lipinski definition) is 1. The van der Waals surface area contributed by atoms with Gasteiger partial charge in [0, 0.05) is 6.04 Å². The van der Waals surface area contributed by atoms with E-state index in [4.69, 9.17) is 22.1 Å². The predicted octanol–water partition coefficient (Wildman–Crippen LogP) is 4.47. The molecule has 1 atom stereocenters. The van der Waals surface area contributed by atoms with Gasteiger partial charge in [-0.3, -0.25) is 0 Å². The van der Waals surface area contributed by atoms with Crippen LogP contribution in [0.25, 0.3) is 0 Å². The predicted molar refractivity (Wildman–Crippen MR) is 80.0 cm³/mol. The second-order valence-corrected chi connectivity index (χ2v) is 5.37. The van der Waals surface area contributed by atoms with Crippen molar-refractivity contribution < 1.29 is 9.13 Å². The van der Waals surface area contributed by atoms with E-state index >= 15 is 0 Å². The van der Waals surface area contributed by atoms with Crippen LogP contribution in [-0.4, -0.2) is 6.04 Å². The summed E-state index contributed by atoms with van der Waals surface area (Å²) in [5.41, 5.74) is 7.35. The summed E-state index contributed by atoms with van der Waals surface area (Å²) in [4.78, 5) is 0. The smallest absolute Gasteiger partial charge is 0.146 e. The average Bonchev–Trinajstić information content (AvgIpc) is 2.36. The maximum absolute atomic E-state index is 13.2. The molecular weight excluding hydrogens is 277 g/mol. The quantitative estimate of drug-likeness (QED) is 0.902. The monoisotopic (exact) mass is 293 g/mol. The minimum absolute atomic E-state index is 0.0811. The van der Waals surface area contributed by atoms with Crippen molar-refractivity contribution in [3.05, 3.63) is 58.4 Å². The van der Waals surface area contributed by atoms with Crippen molar-refractivity contribution in [1.29, 1.82) is 0 Å². The SMILES string of the molecule is Cc1cc(Oc2ccc(CC(C)N)cc2Cl)ccc1F. The second kappa shape index (κ2) is 6.25. The first kappa shape index (κ1) is 14.8. The molecule has 0 radical (unpaired) electrons. The van der Waals surface area contributed by atoms with Gasteiger partial charge in [-0.1, -0.05) is 17.7 Å². The molecule has 106 valence electrons. The highest BCUT2D eigenvalue weighted by atomic mass is 35.5. The standard InChI is InChI=1S/C16H17ClFNO/c1-10-7-13(4-5-15(10)18)20-16-6-3-12(8-11(2)19)9-14(16)17/h3-7,9,11H,8,19H2,1-2H3. The maximum atomic E-state index is 13.2. The Bertz CT molecular complexity index is 613. The van der Waals surface area contributed by atoms with E-state index in [2.05, 4.69) is 0 Å². The van der Waals surface area contributed by atoms with Crippen molar-refractivity contribution in [3.8, 4) is 11.5 Å². The van der Waals surface area contributed by atoms with Gasteiger partial charge in [0.05, 0.1) is 5.02 Å². The van der Waals surface area contributed by atoms with Crippen molar-refractivity contribution >= 4 is 11.6 Å². The molecular formula is C16H17ClFNO. The maximum Gasteiger partial charge on any atom is 0.146 e. The molecule has 2 rings (SSSR count). The molecule has 0 aliphatic rings. The summed E-state index contributed by atoms with van der Waals surface area (Å²) in [5, 5.41) is 0.519. The first-order valence-corrected chi connectivity index (χ1v) is 6.81. The molecule has 2 aromatic carbocycles. The van der Waals surface area contributed by atoms with Gasteiger partial charge in [0.1, 0.15) is 17.3 Å².